The van der Waals surface area contributed by atoms with Crippen LogP contribution in [0.25, 0.3) is 0 Å². The predicted octanol–water partition coefficient (Wildman–Crippen LogP) is 0.829. The Kier molecular flexibility index (Phi) is 2.69. The molecule has 6 heteroatoms. The average molecular weight is 209 g/mol. The zero-order valence-corrected chi connectivity index (χ0v) is 8.44. The maximum atomic E-state index is 11.6. The van der Waals surface area contributed by atoms with Crippen molar-refractivity contribution in [3.8, 4) is 0 Å². The number of nitrogens with zero attached hydrogens (tertiary/aromatic N) is 2. The van der Waals surface area contributed by atoms with E-state index in [9.17, 15) is 9.59 Å². The summed E-state index contributed by atoms with van der Waals surface area (Å²) in [6, 6.07) is 0. The van der Waals surface area contributed by atoms with Gasteiger partial charge in [0.15, 0.2) is 5.54 Å². The summed E-state index contributed by atoms with van der Waals surface area (Å²) in [4.78, 5) is 22.0. The highest BCUT2D eigenvalue weighted by molar-refractivity contribution is 5.96. The van der Waals surface area contributed by atoms with Crippen molar-refractivity contribution >= 4 is 11.9 Å². The molecule has 1 atom stereocenters. The normalized spacial score (nSPS) is 23.5. The van der Waals surface area contributed by atoms with E-state index in [-0.39, 0.29) is 5.70 Å². The SMILES string of the molecule is C=C(NC(=O)C1(C)C=C(C)N=N1)C(=O)O. The number of amides is 1. The van der Waals surface area contributed by atoms with Crippen LogP contribution in [0.5, 0.6) is 0 Å². The number of allylic oxidation sites excluding steroid dienone is 1. The summed E-state index contributed by atoms with van der Waals surface area (Å²) in [6.45, 7) is 6.43. The molecule has 0 aliphatic carbocycles. The molecule has 15 heavy (non-hydrogen) atoms. The van der Waals surface area contributed by atoms with E-state index in [0.717, 1.165) is 0 Å². The van der Waals surface area contributed by atoms with Crippen LogP contribution in [0.15, 0.2) is 34.3 Å². The van der Waals surface area contributed by atoms with E-state index in [1.807, 2.05) is 0 Å². The van der Waals surface area contributed by atoms with E-state index in [1.54, 1.807) is 13.0 Å². The van der Waals surface area contributed by atoms with Gasteiger partial charge in [-0.25, -0.2) is 4.79 Å². The van der Waals surface area contributed by atoms with Gasteiger partial charge in [-0.1, -0.05) is 6.58 Å². The van der Waals surface area contributed by atoms with E-state index in [2.05, 4.69) is 22.1 Å². The molecule has 1 heterocycles. The highest BCUT2D eigenvalue weighted by Gasteiger charge is 2.35. The predicted molar refractivity (Wildman–Crippen MR) is 51.9 cm³/mol. The number of aliphatic carboxylic acids is 1. The van der Waals surface area contributed by atoms with Crippen molar-refractivity contribution in [3.05, 3.63) is 24.0 Å². The second-order valence-electron chi connectivity index (χ2n) is 3.37. The third kappa shape index (κ3) is 2.28. The molecule has 6 nitrogen and oxygen atoms in total. The van der Waals surface area contributed by atoms with Crippen LogP contribution >= 0.6 is 0 Å². The van der Waals surface area contributed by atoms with Gasteiger partial charge in [0.25, 0.3) is 5.91 Å². The first-order valence-corrected chi connectivity index (χ1v) is 4.21. The van der Waals surface area contributed by atoms with E-state index in [1.165, 1.54) is 6.92 Å². The van der Waals surface area contributed by atoms with Crippen LogP contribution < -0.4 is 5.32 Å². The van der Waals surface area contributed by atoms with Crippen LogP contribution in [0.4, 0.5) is 0 Å². The Morgan fingerprint density at radius 3 is 2.60 bits per heavy atom. The Labute approximate surface area is 86.4 Å². The Balaban J connectivity index is 2.75. The van der Waals surface area contributed by atoms with Gasteiger partial charge in [0, 0.05) is 0 Å². The third-order valence-electron chi connectivity index (χ3n) is 1.89. The molecule has 0 spiro atoms. The van der Waals surface area contributed by atoms with Gasteiger partial charge in [0.05, 0.1) is 5.70 Å². The monoisotopic (exact) mass is 209 g/mol. The van der Waals surface area contributed by atoms with E-state index < -0.39 is 17.4 Å². The number of carboxylic acid groups (broad SMARTS) is 1. The molecule has 1 rings (SSSR count). The van der Waals surface area contributed by atoms with Crippen LogP contribution in [0, 0.1) is 0 Å². The zero-order valence-electron chi connectivity index (χ0n) is 8.44. The quantitative estimate of drug-likeness (QED) is 0.674. The number of carbonyl (C=O) groups is 2. The lowest BCUT2D eigenvalue weighted by Crippen LogP contribution is -2.41. The van der Waals surface area contributed by atoms with E-state index >= 15 is 0 Å². The largest absolute Gasteiger partial charge is 0.477 e. The van der Waals surface area contributed by atoms with Gasteiger partial charge >= 0.3 is 5.97 Å². The molecule has 0 radical (unpaired) electrons. The number of hydrogen-bond acceptors (Lipinski definition) is 4. The number of azo groups is 1. The molecule has 1 aliphatic rings. The standard InChI is InChI=1S/C9H11N3O3/c1-5-4-9(3,12-11-5)8(15)10-6(2)7(13)14/h4H,2H2,1,3H3,(H,10,15)(H,13,14). The van der Waals surface area contributed by atoms with Crippen molar-refractivity contribution < 1.29 is 14.7 Å². The van der Waals surface area contributed by atoms with Crippen LogP contribution in [0.2, 0.25) is 0 Å². The molecule has 0 saturated heterocycles. The van der Waals surface area contributed by atoms with Crippen LogP contribution in [-0.2, 0) is 9.59 Å². The highest BCUT2D eigenvalue weighted by Crippen LogP contribution is 2.23. The minimum atomic E-state index is -1.28. The zero-order chi connectivity index (χ0) is 11.6. The van der Waals surface area contributed by atoms with E-state index in [0.29, 0.717) is 5.70 Å². The topological polar surface area (TPSA) is 91.1 Å². The van der Waals surface area contributed by atoms with Crippen molar-refractivity contribution in [2.24, 2.45) is 10.2 Å². The van der Waals surface area contributed by atoms with Crippen LogP contribution in [-0.4, -0.2) is 22.5 Å². The fraction of sp³-hybridized carbons (Fsp3) is 0.333. The molecule has 0 bridgehead atoms. The van der Waals surface area contributed by atoms with Crippen LogP contribution in [0.1, 0.15) is 13.8 Å². The molecule has 1 aliphatic heterocycles. The molecule has 1 amide bonds. The molecule has 0 saturated carbocycles. The number of hydrogen-bond donors (Lipinski definition) is 2. The van der Waals surface area contributed by atoms with Gasteiger partial charge in [-0.05, 0) is 19.9 Å². The molecular weight excluding hydrogens is 198 g/mol. The Morgan fingerprint density at radius 1 is 1.60 bits per heavy atom. The second kappa shape index (κ2) is 3.64. The van der Waals surface area contributed by atoms with Crippen molar-refractivity contribution in [1.29, 1.82) is 0 Å². The minimum absolute atomic E-state index is 0.380. The molecular formula is C9H11N3O3. The summed E-state index contributed by atoms with van der Waals surface area (Å²) in [6.07, 6.45) is 1.55. The summed E-state index contributed by atoms with van der Waals surface area (Å²) in [7, 11) is 0. The van der Waals surface area contributed by atoms with Gasteiger partial charge in [-0.3, -0.25) is 4.79 Å². The molecule has 0 aromatic rings. The van der Waals surface area contributed by atoms with Crippen molar-refractivity contribution in [1.82, 2.24) is 5.32 Å². The summed E-state index contributed by atoms with van der Waals surface area (Å²) in [5.41, 5.74) is -0.898. The van der Waals surface area contributed by atoms with Gasteiger partial charge in [-0.2, -0.15) is 10.2 Å². The van der Waals surface area contributed by atoms with Gasteiger partial charge < -0.3 is 10.4 Å². The molecule has 1 unspecified atom stereocenters. The van der Waals surface area contributed by atoms with E-state index in [4.69, 9.17) is 5.11 Å². The maximum Gasteiger partial charge on any atom is 0.351 e. The maximum absolute atomic E-state index is 11.6. The fourth-order valence-corrected chi connectivity index (χ4v) is 1.08. The van der Waals surface area contributed by atoms with Crippen LogP contribution in [0.3, 0.4) is 0 Å². The first-order valence-electron chi connectivity index (χ1n) is 4.21. The lowest BCUT2D eigenvalue weighted by atomic mass is 10.0. The summed E-state index contributed by atoms with van der Waals surface area (Å²) >= 11 is 0. The third-order valence-corrected chi connectivity index (χ3v) is 1.89. The number of nitrogens with one attached hydrogen (secondary N) is 1. The second-order valence-corrected chi connectivity index (χ2v) is 3.37. The Morgan fingerprint density at radius 2 is 2.20 bits per heavy atom. The summed E-state index contributed by atoms with van der Waals surface area (Å²) in [5.74, 6) is -1.84. The molecule has 0 aromatic heterocycles. The fourth-order valence-electron chi connectivity index (χ4n) is 1.08. The first kappa shape index (κ1) is 11.1. The molecule has 2 N–H and O–H groups in total. The smallest absolute Gasteiger partial charge is 0.351 e. The lowest BCUT2D eigenvalue weighted by Gasteiger charge is -2.15. The Hall–Kier alpha value is -1.98. The number of carboxylic acids is 1. The first-order chi connectivity index (χ1) is 6.85. The number of rotatable bonds is 3. The van der Waals surface area contributed by atoms with Gasteiger partial charge in [0.1, 0.15) is 5.70 Å². The molecule has 0 aromatic carbocycles. The highest BCUT2D eigenvalue weighted by atomic mass is 16.4. The average Bonchev–Trinajstić information content (AvgIpc) is 2.47. The van der Waals surface area contributed by atoms with Crippen molar-refractivity contribution in [3.63, 3.8) is 0 Å². The van der Waals surface area contributed by atoms with Gasteiger partial charge in [-0.15, -0.1) is 0 Å². The Bertz CT molecular complexity index is 397. The van der Waals surface area contributed by atoms with Gasteiger partial charge in [0.2, 0.25) is 0 Å². The lowest BCUT2D eigenvalue weighted by molar-refractivity contribution is -0.135. The van der Waals surface area contributed by atoms with Crippen molar-refractivity contribution in [2.45, 2.75) is 19.4 Å². The summed E-state index contributed by atoms with van der Waals surface area (Å²) < 4.78 is 0. The minimum Gasteiger partial charge on any atom is -0.477 e. The molecule has 80 valence electrons. The number of carbonyl (C=O) groups excluding carboxylic acids is 1. The van der Waals surface area contributed by atoms with Crippen molar-refractivity contribution in [2.75, 3.05) is 0 Å². The summed E-state index contributed by atoms with van der Waals surface area (Å²) in [5, 5.41) is 18.1. The molecule has 0 fully saturated rings.